The van der Waals surface area contributed by atoms with Gasteiger partial charge in [-0.25, -0.2) is 0 Å². The van der Waals surface area contributed by atoms with Crippen LogP contribution in [0.1, 0.15) is 18.3 Å². The largest absolute Gasteiger partial charge is 0.484 e. The third-order valence-corrected chi connectivity index (χ3v) is 4.05. The standard InChI is InChI=1S/C20H22N4O2/c1-4-21-19(25)13-26-17-11-9-16(10-12-17)24-15(3)22-23-20(24)18-8-6-5-7-14(18)2/h5-12H,4,13H2,1-3H3,(H,21,25). The van der Waals surface area contributed by atoms with E-state index < -0.39 is 0 Å². The Kier molecular flexibility index (Phi) is 5.31. The minimum absolute atomic E-state index is 0.00725. The summed E-state index contributed by atoms with van der Waals surface area (Å²) in [5.41, 5.74) is 3.13. The highest BCUT2D eigenvalue weighted by Crippen LogP contribution is 2.26. The van der Waals surface area contributed by atoms with Gasteiger partial charge in [0.15, 0.2) is 12.4 Å². The summed E-state index contributed by atoms with van der Waals surface area (Å²) in [5, 5.41) is 11.3. The minimum Gasteiger partial charge on any atom is -0.484 e. The SMILES string of the molecule is CCNC(=O)COc1ccc(-n2c(C)nnc2-c2ccccc2C)cc1. The molecule has 134 valence electrons. The number of carbonyl (C=O) groups excluding carboxylic acids is 1. The zero-order valence-corrected chi connectivity index (χ0v) is 15.2. The lowest BCUT2D eigenvalue weighted by Gasteiger charge is -2.12. The van der Waals surface area contributed by atoms with E-state index in [4.69, 9.17) is 4.74 Å². The van der Waals surface area contributed by atoms with Gasteiger partial charge in [0.05, 0.1) is 0 Å². The Morgan fingerprint density at radius 1 is 1.08 bits per heavy atom. The third-order valence-electron chi connectivity index (χ3n) is 4.05. The highest BCUT2D eigenvalue weighted by molar-refractivity contribution is 5.77. The van der Waals surface area contributed by atoms with Gasteiger partial charge in [-0.05, 0) is 50.6 Å². The lowest BCUT2D eigenvalue weighted by molar-refractivity contribution is -0.122. The summed E-state index contributed by atoms with van der Waals surface area (Å²) in [4.78, 5) is 11.5. The fraction of sp³-hybridized carbons (Fsp3) is 0.250. The molecule has 0 bridgehead atoms. The summed E-state index contributed by atoms with van der Waals surface area (Å²) < 4.78 is 7.51. The Labute approximate surface area is 152 Å². The molecule has 3 aromatic rings. The smallest absolute Gasteiger partial charge is 0.257 e. The van der Waals surface area contributed by atoms with Gasteiger partial charge in [0.1, 0.15) is 11.6 Å². The van der Waals surface area contributed by atoms with Crippen LogP contribution in [0.2, 0.25) is 0 Å². The number of hydrogen-bond acceptors (Lipinski definition) is 4. The third kappa shape index (κ3) is 3.74. The first-order valence-electron chi connectivity index (χ1n) is 8.58. The maximum absolute atomic E-state index is 11.5. The van der Waals surface area contributed by atoms with Gasteiger partial charge in [0, 0.05) is 17.8 Å². The molecule has 6 nitrogen and oxygen atoms in total. The molecule has 0 radical (unpaired) electrons. The van der Waals surface area contributed by atoms with Gasteiger partial charge in [0.2, 0.25) is 0 Å². The highest BCUT2D eigenvalue weighted by atomic mass is 16.5. The topological polar surface area (TPSA) is 69.0 Å². The van der Waals surface area contributed by atoms with Gasteiger partial charge in [-0.2, -0.15) is 0 Å². The van der Waals surface area contributed by atoms with Crippen molar-refractivity contribution in [3.8, 4) is 22.8 Å². The van der Waals surface area contributed by atoms with Crippen molar-refractivity contribution in [2.45, 2.75) is 20.8 Å². The number of aromatic nitrogens is 3. The van der Waals surface area contributed by atoms with E-state index in [1.807, 2.05) is 60.9 Å². The summed E-state index contributed by atoms with van der Waals surface area (Å²) in [7, 11) is 0. The van der Waals surface area contributed by atoms with Gasteiger partial charge in [-0.1, -0.05) is 24.3 Å². The molecule has 0 spiro atoms. The molecular formula is C20H22N4O2. The molecule has 0 saturated carbocycles. The van der Waals surface area contributed by atoms with Crippen molar-refractivity contribution in [2.24, 2.45) is 0 Å². The van der Waals surface area contributed by atoms with E-state index in [2.05, 4.69) is 28.5 Å². The van der Waals surface area contributed by atoms with E-state index >= 15 is 0 Å². The number of ether oxygens (including phenoxy) is 1. The van der Waals surface area contributed by atoms with E-state index in [-0.39, 0.29) is 12.5 Å². The molecule has 0 saturated heterocycles. The number of amides is 1. The van der Waals surface area contributed by atoms with Gasteiger partial charge in [-0.3, -0.25) is 9.36 Å². The molecule has 6 heteroatoms. The van der Waals surface area contributed by atoms with E-state index in [0.29, 0.717) is 12.3 Å². The predicted molar refractivity (Wildman–Crippen MR) is 100 cm³/mol. The van der Waals surface area contributed by atoms with Crippen molar-refractivity contribution in [3.05, 3.63) is 59.9 Å². The van der Waals surface area contributed by atoms with E-state index in [9.17, 15) is 4.79 Å². The van der Waals surface area contributed by atoms with Gasteiger partial charge >= 0.3 is 0 Å². The maximum Gasteiger partial charge on any atom is 0.257 e. The normalized spacial score (nSPS) is 10.6. The number of nitrogens with one attached hydrogen (secondary N) is 1. The molecule has 0 atom stereocenters. The number of nitrogens with zero attached hydrogens (tertiary/aromatic N) is 3. The second-order valence-corrected chi connectivity index (χ2v) is 5.96. The van der Waals surface area contributed by atoms with E-state index in [1.54, 1.807) is 0 Å². The van der Waals surface area contributed by atoms with E-state index in [1.165, 1.54) is 0 Å². The number of carbonyl (C=O) groups is 1. The molecule has 0 fully saturated rings. The summed E-state index contributed by atoms with van der Waals surface area (Å²) >= 11 is 0. The molecule has 0 aliphatic carbocycles. The maximum atomic E-state index is 11.5. The molecule has 0 aliphatic rings. The Balaban J connectivity index is 1.85. The monoisotopic (exact) mass is 350 g/mol. The quantitative estimate of drug-likeness (QED) is 0.742. The van der Waals surface area contributed by atoms with Gasteiger partial charge < -0.3 is 10.1 Å². The Morgan fingerprint density at radius 3 is 2.50 bits per heavy atom. The van der Waals surface area contributed by atoms with Crippen LogP contribution in [-0.4, -0.2) is 33.8 Å². The zero-order chi connectivity index (χ0) is 18.5. The first-order chi connectivity index (χ1) is 12.6. The molecule has 2 aromatic carbocycles. The average molecular weight is 350 g/mol. The van der Waals surface area contributed by atoms with Crippen LogP contribution in [0.15, 0.2) is 48.5 Å². The van der Waals surface area contributed by atoms with Crippen LogP contribution >= 0.6 is 0 Å². The molecular weight excluding hydrogens is 328 g/mol. The highest BCUT2D eigenvalue weighted by Gasteiger charge is 2.14. The summed E-state index contributed by atoms with van der Waals surface area (Å²) in [6.07, 6.45) is 0. The lowest BCUT2D eigenvalue weighted by Crippen LogP contribution is -2.28. The first-order valence-corrected chi connectivity index (χ1v) is 8.58. The van der Waals surface area contributed by atoms with E-state index in [0.717, 1.165) is 28.5 Å². The van der Waals surface area contributed by atoms with Crippen molar-refractivity contribution in [1.29, 1.82) is 0 Å². The second kappa shape index (κ2) is 7.82. The summed E-state index contributed by atoms with van der Waals surface area (Å²) in [5.74, 6) is 2.12. The van der Waals surface area contributed by atoms with Crippen LogP contribution in [0.25, 0.3) is 17.1 Å². The van der Waals surface area contributed by atoms with Crippen molar-refractivity contribution in [2.75, 3.05) is 13.2 Å². The fourth-order valence-electron chi connectivity index (χ4n) is 2.76. The van der Waals surface area contributed by atoms with Crippen molar-refractivity contribution in [3.63, 3.8) is 0 Å². The van der Waals surface area contributed by atoms with Crippen molar-refractivity contribution in [1.82, 2.24) is 20.1 Å². The number of benzene rings is 2. The van der Waals surface area contributed by atoms with Crippen LogP contribution in [-0.2, 0) is 4.79 Å². The van der Waals surface area contributed by atoms with Crippen molar-refractivity contribution >= 4 is 5.91 Å². The Bertz CT molecular complexity index is 900. The summed E-state index contributed by atoms with van der Waals surface area (Å²) in [6.45, 7) is 6.46. The zero-order valence-electron chi connectivity index (χ0n) is 15.2. The fourth-order valence-corrected chi connectivity index (χ4v) is 2.76. The molecule has 26 heavy (non-hydrogen) atoms. The Hall–Kier alpha value is -3.15. The Morgan fingerprint density at radius 2 is 1.81 bits per heavy atom. The minimum atomic E-state index is -0.131. The van der Waals surface area contributed by atoms with Gasteiger partial charge in [0.25, 0.3) is 5.91 Å². The summed E-state index contributed by atoms with van der Waals surface area (Å²) in [6, 6.07) is 15.7. The van der Waals surface area contributed by atoms with Crippen LogP contribution in [0.3, 0.4) is 0 Å². The van der Waals surface area contributed by atoms with Crippen molar-refractivity contribution < 1.29 is 9.53 Å². The van der Waals surface area contributed by atoms with Crippen LogP contribution in [0, 0.1) is 13.8 Å². The number of aryl methyl sites for hydroxylation is 2. The number of rotatable bonds is 6. The molecule has 1 amide bonds. The molecule has 0 aliphatic heterocycles. The first kappa shape index (κ1) is 17.7. The van der Waals surface area contributed by atoms with Gasteiger partial charge in [-0.15, -0.1) is 10.2 Å². The number of hydrogen-bond donors (Lipinski definition) is 1. The average Bonchev–Trinajstić information content (AvgIpc) is 3.02. The van der Waals surface area contributed by atoms with Crippen LogP contribution in [0.5, 0.6) is 5.75 Å². The molecule has 3 rings (SSSR count). The lowest BCUT2D eigenvalue weighted by atomic mass is 10.1. The van der Waals surface area contributed by atoms with Crippen LogP contribution < -0.4 is 10.1 Å². The van der Waals surface area contributed by atoms with Crippen LogP contribution in [0.4, 0.5) is 0 Å². The number of likely N-dealkylation sites (N-methyl/N-ethyl adjacent to an activating group) is 1. The molecule has 1 heterocycles. The molecule has 1 aromatic heterocycles. The predicted octanol–water partition coefficient (Wildman–Crippen LogP) is 3.07. The molecule has 0 unspecified atom stereocenters. The second-order valence-electron chi connectivity index (χ2n) is 5.96. The molecule has 1 N–H and O–H groups in total.